The molecule has 0 bridgehead atoms. The van der Waals surface area contributed by atoms with Crippen molar-refractivity contribution >= 4 is 18.2 Å². The Bertz CT molecular complexity index is 545. The van der Waals surface area contributed by atoms with Gasteiger partial charge in [0.2, 0.25) is 11.8 Å². The van der Waals surface area contributed by atoms with Crippen LogP contribution in [0.4, 0.5) is 6.01 Å². The second-order valence-electron chi connectivity index (χ2n) is 3.13. The van der Waals surface area contributed by atoms with Crippen molar-refractivity contribution in [1.82, 2.24) is 25.2 Å². The van der Waals surface area contributed by atoms with Crippen molar-refractivity contribution in [2.45, 2.75) is 13.5 Å². The summed E-state index contributed by atoms with van der Waals surface area (Å²) in [6.07, 6.45) is 1.90. The monoisotopic (exact) mass is 236 g/mol. The fourth-order valence-electron chi connectivity index (χ4n) is 1.10. The molecule has 0 aliphatic carbocycles. The van der Waals surface area contributed by atoms with Crippen molar-refractivity contribution in [3.63, 3.8) is 0 Å². The van der Waals surface area contributed by atoms with E-state index in [1.807, 2.05) is 0 Å². The van der Waals surface area contributed by atoms with E-state index >= 15 is 0 Å². The van der Waals surface area contributed by atoms with E-state index in [9.17, 15) is 9.59 Å². The molecule has 1 amide bonds. The zero-order chi connectivity index (χ0) is 12.3. The molecule has 0 fully saturated rings. The highest BCUT2D eigenvalue weighted by Crippen LogP contribution is 2.03. The number of carbonyl (C=O) groups excluding carboxylic acids is 2. The minimum atomic E-state index is -0.406. The minimum Gasteiger partial charge on any atom is -0.408 e. The van der Waals surface area contributed by atoms with Gasteiger partial charge in [-0.25, -0.2) is 4.68 Å². The van der Waals surface area contributed by atoms with Gasteiger partial charge in [0.25, 0.3) is 0 Å². The van der Waals surface area contributed by atoms with Crippen molar-refractivity contribution in [2.24, 2.45) is 0 Å². The van der Waals surface area contributed by atoms with Crippen molar-refractivity contribution < 1.29 is 14.0 Å². The molecule has 0 aliphatic rings. The third kappa shape index (κ3) is 2.71. The summed E-state index contributed by atoms with van der Waals surface area (Å²) >= 11 is 0. The highest BCUT2D eigenvalue weighted by atomic mass is 16.4. The summed E-state index contributed by atoms with van der Waals surface area (Å²) in [4.78, 5) is 21.8. The van der Waals surface area contributed by atoms with Crippen LogP contribution >= 0.6 is 0 Å². The van der Waals surface area contributed by atoms with Crippen LogP contribution in [-0.2, 0) is 11.3 Å². The molecule has 2 heterocycles. The molecule has 88 valence electrons. The van der Waals surface area contributed by atoms with Gasteiger partial charge in [-0.1, -0.05) is 10.3 Å². The quantitative estimate of drug-likeness (QED) is 0.706. The van der Waals surface area contributed by atoms with Crippen LogP contribution in [0.1, 0.15) is 16.4 Å². The summed E-state index contributed by atoms with van der Waals surface area (Å²) in [6, 6.07) is 0.0169. The largest absolute Gasteiger partial charge is 0.408 e. The van der Waals surface area contributed by atoms with Crippen LogP contribution in [0.2, 0.25) is 0 Å². The van der Waals surface area contributed by atoms with E-state index in [2.05, 4.69) is 25.8 Å². The molecule has 1 N–H and O–H groups in total. The first-order valence-electron chi connectivity index (χ1n) is 4.62. The van der Waals surface area contributed by atoms with Gasteiger partial charge >= 0.3 is 6.01 Å². The molecule has 0 aliphatic heterocycles. The predicted molar refractivity (Wildman–Crippen MR) is 53.1 cm³/mol. The summed E-state index contributed by atoms with van der Waals surface area (Å²) < 4.78 is 6.19. The molecule has 0 saturated carbocycles. The Balaban J connectivity index is 1.95. The zero-order valence-corrected chi connectivity index (χ0v) is 8.82. The van der Waals surface area contributed by atoms with E-state index in [0.29, 0.717) is 12.2 Å². The van der Waals surface area contributed by atoms with Gasteiger partial charge in [-0.2, -0.15) is 0 Å². The third-order valence-electron chi connectivity index (χ3n) is 1.76. The number of aryl methyl sites for hydroxylation is 1. The van der Waals surface area contributed by atoms with Crippen molar-refractivity contribution in [2.75, 3.05) is 5.32 Å². The van der Waals surface area contributed by atoms with Crippen molar-refractivity contribution in [3.8, 4) is 0 Å². The molecule has 2 rings (SSSR count). The average molecular weight is 236 g/mol. The SMILES string of the molecule is Cc1nnc(NC(=O)Cn2cc(C=O)nn2)o1. The lowest BCUT2D eigenvalue weighted by Gasteiger charge is -1.98. The molecular weight excluding hydrogens is 228 g/mol. The van der Waals surface area contributed by atoms with E-state index in [4.69, 9.17) is 4.42 Å². The second kappa shape index (κ2) is 4.51. The summed E-state index contributed by atoms with van der Waals surface area (Å²) in [7, 11) is 0. The third-order valence-corrected chi connectivity index (χ3v) is 1.76. The van der Waals surface area contributed by atoms with E-state index in [0.717, 1.165) is 0 Å². The molecule has 9 heteroatoms. The van der Waals surface area contributed by atoms with Gasteiger partial charge in [0.15, 0.2) is 6.29 Å². The van der Waals surface area contributed by atoms with Crippen LogP contribution in [0.15, 0.2) is 10.6 Å². The Labute approximate surface area is 94.8 Å². The van der Waals surface area contributed by atoms with Gasteiger partial charge in [-0.05, 0) is 0 Å². The fourth-order valence-corrected chi connectivity index (χ4v) is 1.10. The summed E-state index contributed by atoms with van der Waals surface area (Å²) in [6.45, 7) is 1.51. The van der Waals surface area contributed by atoms with Gasteiger partial charge in [0.05, 0.1) is 6.20 Å². The summed E-state index contributed by atoms with van der Waals surface area (Å²) in [5.41, 5.74) is 0.159. The number of amides is 1. The Kier molecular flexibility index (Phi) is 2.90. The normalized spacial score (nSPS) is 10.2. The molecular formula is C8H8N6O3. The van der Waals surface area contributed by atoms with Crippen LogP contribution in [-0.4, -0.2) is 37.4 Å². The number of nitrogens with zero attached hydrogens (tertiary/aromatic N) is 5. The lowest BCUT2D eigenvalue weighted by molar-refractivity contribution is -0.117. The maximum atomic E-state index is 11.5. The van der Waals surface area contributed by atoms with Crippen LogP contribution in [0.25, 0.3) is 0 Å². The molecule has 9 nitrogen and oxygen atoms in total. The molecule has 0 radical (unpaired) electrons. The van der Waals surface area contributed by atoms with Gasteiger partial charge in [0, 0.05) is 6.92 Å². The molecule has 17 heavy (non-hydrogen) atoms. The minimum absolute atomic E-state index is 0.0169. The van der Waals surface area contributed by atoms with Gasteiger partial charge in [0.1, 0.15) is 12.2 Å². The first-order valence-corrected chi connectivity index (χ1v) is 4.62. The molecule has 0 spiro atoms. The summed E-state index contributed by atoms with van der Waals surface area (Å²) in [5, 5.41) is 16.6. The number of carbonyl (C=O) groups is 2. The van der Waals surface area contributed by atoms with E-state index in [-0.39, 0.29) is 18.3 Å². The number of anilines is 1. The number of rotatable bonds is 4. The standard InChI is InChI=1S/C8H8N6O3/c1-5-10-12-8(17-5)9-7(16)3-14-2-6(4-15)11-13-14/h2,4H,3H2,1H3,(H,9,12,16). The highest BCUT2D eigenvalue weighted by molar-refractivity contribution is 5.88. The van der Waals surface area contributed by atoms with Gasteiger partial charge < -0.3 is 4.42 Å². The summed E-state index contributed by atoms with van der Waals surface area (Å²) in [5.74, 6) is -0.0553. The van der Waals surface area contributed by atoms with Gasteiger partial charge in [-0.3, -0.25) is 14.9 Å². The average Bonchev–Trinajstić information content (AvgIpc) is 2.88. The second-order valence-corrected chi connectivity index (χ2v) is 3.13. The number of hydrogen-bond donors (Lipinski definition) is 1. The molecule has 2 aromatic rings. The molecule has 2 aromatic heterocycles. The van der Waals surface area contributed by atoms with Crippen LogP contribution in [0, 0.1) is 6.92 Å². The highest BCUT2D eigenvalue weighted by Gasteiger charge is 2.09. The lowest BCUT2D eigenvalue weighted by atomic mass is 10.5. The Morgan fingerprint density at radius 1 is 1.53 bits per heavy atom. The number of aldehydes is 1. The number of hydrogen-bond acceptors (Lipinski definition) is 7. The molecule has 0 unspecified atom stereocenters. The Morgan fingerprint density at radius 2 is 2.35 bits per heavy atom. The molecule has 0 saturated heterocycles. The number of aromatic nitrogens is 5. The van der Waals surface area contributed by atoms with Crippen molar-refractivity contribution in [3.05, 3.63) is 17.8 Å². The Hall–Kier alpha value is -2.58. The van der Waals surface area contributed by atoms with E-state index in [1.165, 1.54) is 10.9 Å². The maximum absolute atomic E-state index is 11.5. The van der Waals surface area contributed by atoms with E-state index < -0.39 is 5.91 Å². The van der Waals surface area contributed by atoms with Crippen LogP contribution in [0.3, 0.4) is 0 Å². The fraction of sp³-hybridized carbons (Fsp3) is 0.250. The van der Waals surface area contributed by atoms with Crippen LogP contribution < -0.4 is 5.32 Å². The Morgan fingerprint density at radius 3 is 2.94 bits per heavy atom. The van der Waals surface area contributed by atoms with Crippen LogP contribution in [0.5, 0.6) is 0 Å². The number of nitrogens with one attached hydrogen (secondary N) is 1. The van der Waals surface area contributed by atoms with E-state index in [1.54, 1.807) is 6.92 Å². The first kappa shape index (κ1) is 10.9. The molecule has 0 aromatic carbocycles. The maximum Gasteiger partial charge on any atom is 0.322 e. The van der Waals surface area contributed by atoms with Gasteiger partial charge in [-0.15, -0.1) is 10.2 Å². The predicted octanol–water partition coefficient (Wildman–Crippen LogP) is -0.579. The zero-order valence-electron chi connectivity index (χ0n) is 8.82. The molecule has 0 atom stereocenters. The topological polar surface area (TPSA) is 116 Å². The van der Waals surface area contributed by atoms with Crippen molar-refractivity contribution in [1.29, 1.82) is 0 Å². The lowest BCUT2D eigenvalue weighted by Crippen LogP contribution is -2.19. The first-order chi connectivity index (χ1) is 8.17. The smallest absolute Gasteiger partial charge is 0.322 e.